The minimum Gasteiger partial charge on any atom is -0.387 e. The van der Waals surface area contributed by atoms with Gasteiger partial charge in [-0.2, -0.15) is 0 Å². The molecule has 5 heteroatoms. The molecule has 1 N–H and O–H groups in total. The average Bonchev–Trinajstić information content (AvgIpc) is 2.69. The van der Waals surface area contributed by atoms with Gasteiger partial charge in [0.2, 0.25) is 0 Å². The van der Waals surface area contributed by atoms with Gasteiger partial charge in [0.1, 0.15) is 5.82 Å². The van der Waals surface area contributed by atoms with Gasteiger partial charge in [-0.15, -0.1) is 11.3 Å². The lowest BCUT2D eigenvalue weighted by atomic mass is 10.1. The molecule has 0 spiro atoms. The molecular weight excluding hydrogens is 327 g/mol. The summed E-state index contributed by atoms with van der Waals surface area (Å²) in [7, 11) is 0. The quantitative estimate of drug-likeness (QED) is 0.870. The molecule has 1 unspecified atom stereocenters. The van der Waals surface area contributed by atoms with Gasteiger partial charge < -0.3 is 5.11 Å². The molecule has 1 aromatic carbocycles. The zero-order valence-corrected chi connectivity index (χ0v) is 11.8. The number of halogens is 3. The van der Waals surface area contributed by atoms with Crippen LogP contribution in [0.1, 0.15) is 16.5 Å². The summed E-state index contributed by atoms with van der Waals surface area (Å²) in [5.41, 5.74) is 0.464. The maximum atomic E-state index is 13.5. The van der Waals surface area contributed by atoms with E-state index in [2.05, 4.69) is 15.9 Å². The van der Waals surface area contributed by atoms with E-state index in [9.17, 15) is 9.50 Å². The Morgan fingerprint density at radius 1 is 1.35 bits per heavy atom. The molecule has 1 nitrogen and oxygen atoms in total. The number of aliphatic hydroxyl groups is 1. The molecule has 1 aromatic heterocycles. The predicted octanol–water partition coefficient (Wildman–Crippen LogP) is 4.58. The Kier molecular flexibility index (Phi) is 4.20. The first-order valence-corrected chi connectivity index (χ1v) is 6.92. The number of hydrogen-bond acceptors (Lipinski definition) is 2. The first-order chi connectivity index (χ1) is 8.06. The molecule has 0 saturated heterocycles. The second-order valence-electron chi connectivity index (χ2n) is 3.60. The van der Waals surface area contributed by atoms with Crippen LogP contribution in [0.3, 0.4) is 0 Å². The van der Waals surface area contributed by atoms with Crippen molar-refractivity contribution in [2.75, 3.05) is 0 Å². The number of thiophene rings is 1. The van der Waals surface area contributed by atoms with Gasteiger partial charge in [0.25, 0.3) is 0 Å². The van der Waals surface area contributed by atoms with E-state index in [1.807, 2.05) is 12.1 Å². The van der Waals surface area contributed by atoms with Crippen LogP contribution in [0.4, 0.5) is 4.39 Å². The lowest BCUT2D eigenvalue weighted by Gasteiger charge is -2.09. The third kappa shape index (κ3) is 3.28. The third-order valence-electron chi connectivity index (χ3n) is 2.35. The summed E-state index contributed by atoms with van der Waals surface area (Å²) < 4.78 is 14.5. The molecule has 0 bridgehead atoms. The van der Waals surface area contributed by atoms with E-state index in [1.54, 1.807) is 12.1 Å². The van der Waals surface area contributed by atoms with Crippen molar-refractivity contribution in [1.82, 2.24) is 0 Å². The van der Waals surface area contributed by atoms with E-state index in [1.165, 1.54) is 17.4 Å². The van der Waals surface area contributed by atoms with E-state index in [-0.39, 0.29) is 12.2 Å². The van der Waals surface area contributed by atoms with E-state index in [0.29, 0.717) is 10.6 Å². The van der Waals surface area contributed by atoms with Crippen molar-refractivity contribution in [3.63, 3.8) is 0 Å². The SMILES string of the molecule is OC(Cc1ccc(Cl)cc1F)c1ccc(Br)s1. The summed E-state index contributed by atoms with van der Waals surface area (Å²) in [4.78, 5) is 0.811. The molecular formula is C12H9BrClFOS. The third-order valence-corrected chi connectivity index (χ3v) is 4.31. The summed E-state index contributed by atoms with van der Waals surface area (Å²) in [6.07, 6.45) is -0.447. The van der Waals surface area contributed by atoms with Crippen LogP contribution in [0.15, 0.2) is 34.1 Å². The maximum Gasteiger partial charge on any atom is 0.127 e. The van der Waals surface area contributed by atoms with Gasteiger partial charge in [-0.25, -0.2) is 4.39 Å². The normalized spacial score (nSPS) is 12.7. The molecule has 0 fully saturated rings. The standard InChI is InChI=1S/C12H9BrClFOS/c13-12-4-3-11(17-12)10(16)5-7-1-2-8(14)6-9(7)15/h1-4,6,10,16H,5H2. The highest BCUT2D eigenvalue weighted by atomic mass is 79.9. The molecule has 0 aliphatic carbocycles. The van der Waals surface area contributed by atoms with E-state index < -0.39 is 6.10 Å². The summed E-state index contributed by atoms with van der Waals surface area (Å²) >= 11 is 10.4. The topological polar surface area (TPSA) is 20.2 Å². The van der Waals surface area contributed by atoms with Gasteiger partial charge >= 0.3 is 0 Å². The summed E-state index contributed by atoms with van der Waals surface area (Å²) in [6, 6.07) is 8.17. The fourth-order valence-electron chi connectivity index (χ4n) is 1.50. The zero-order chi connectivity index (χ0) is 12.4. The largest absolute Gasteiger partial charge is 0.387 e. The van der Waals surface area contributed by atoms with Crippen molar-refractivity contribution in [3.8, 4) is 0 Å². The predicted molar refractivity (Wildman–Crippen MR) is 72.1 cm³/mol. The second-order valence-corrected chi connectivity index (χ2v) is 6.53. The van der Waals surface area contributed by atoms with Gasteiger partial charge in [-0.05, 0) is 45.8 Å². The maximum absolute atomic E-state index is 13.5. The molecule has 90 valence electrons. The molecule has 0 aliphatic heterocycles. The monoisotopic (exact) mass is 334 g/mol. The summed E-state index contributed by atoms with van der Waals surface area (Å²) in [5.74, 6) is -0.382. The lowest BCUT2D eigenvalue weighted by Crippen LogP contribution is -2.01. The number of rotatable bonds is 3. The van der Waals surface area contributed by atoms with Gasteiger partial charge in [0, 0.05) is 16.3 Å². The van der Waals surface area contributed by atoms with Crippen molar-refractivity contribution in [2.45, 2.75) is 12.5 Å². The summed E-state index contributed by atoms with van der Waals surface area (Å²) in [6.45, 7) is 0. The van der Waals surface area contributed by atoms with Crippen molar-refractivity contribution in [3.05, 3.63) is 55.4 Å². The van der Waals surface area contributed by atoms with Crippen LogP contribution in [0, 0.1) is 5.82 Å². The van der Waals surface area contributed by atoms with Crippen molar-refractivity contribution < 1.29 is 9.50 Å². The Balaban J connectivity index is 2.15. The van der Waals surface area contributed by atoms with Crippen molar-refractivity contribution in [1.29, 1.82) is 0 Å². The van der Waals surface area contributed by atoms with Crippen LogP contribution in [0.2, 0.25) is 5.02 Å². The second kappa shape index (κ2) is 5.48. The van der Waals surface area contributed by atoms with E-state index in [0.717, 1.165) is 8.66 Å². The molecule has 2 rings (SSSR count). The molecule has 0 saturated carbocycles. The van der Waals surface area contributed by atoms with Crippen LogP contribution in [-0.2, 0) is 6.42 Å². The van der Waals surface area contributed by atoms with E-state index in [4.69, 9.17) is 11.6 Å². The van der Waals surface area contributed by atoms with Gasteiger partial charge in [-0.1, -0.05) is 17.7 Å². The van der Waals surface area contributed by atoms with Crippen molar-refractivity contribution in [2.24, 2.45) is 0 Å². The van der Waals surface area contributed by atoms with Crippen LogP contribution < -0.4 is 0 Å². The molecule has 0 aliphatic rings. The minimum atomic E-state index is -0.693. The van der Waals surface area contributed by atoms with Crippen molar-refractivity contribution >= 4 is 38.9 Å². The van der Waals surface area contributed by atoms with Crippen LogP contribution in [0.5, 0.6) is 0 Å². The van der Waals surface area contributed by atoms with Crippen LogP contribution >= 0.6 is 38.9 Å². The number of hydrogen-bond donors (Lipinski definition) is 1. The summed E-state index contributed by atoms with van der Waals surface area (Å²) in [5, 5.41) is 10.3. The Hall–Kier alpha value is -0.420. The van der Waals surface area contributed by atoms with Crippen LogP contribution in [-0.4, -0.2) is 5.11 Å². The van der Waals surface area contributed by atoms with E-state index >= 15 is 0 Å². The first kappa shape index (κ1) is 13.0. The molecule has 17 heavy (non-hydrogen) atoms. The van der Waals surface area contributed by atoms with Gasteiger partial charge in [-0.3, -0.25) is 0 Å². The smallest absolute Gasteiger partial charge is 0.127 e. The Morgan fingerprint density at radius 2 is 2.12 bits per heavy atom. The van der Waals surface area contributed by atoms with Gasteiger partial charge in [0.05, 0.1) is 9.89 Å². The average molecular weight is 336 g/mol. The Morgan fingerprint density at radius 3 is 2.71 bits per heavy atom. The molecule has 0 radical (unpaired) electrons. The highest BCUT2D eigenvalue weighted by Gasteiger charge is 2.13. The lowest BCUT2D eigenvalue weighted by molar-refractivity contribution is 0.181. The minimum absolute atomic E-state index is 0.246. The fourth-order valence-corrected chi connectivity index (χ4v) is 3.07. The zero-order valence-electron chi connectivity index (χ0n) is 8.66. The fraction of sp³-hybridized carbons (Fsp3) is 0.167. The number of aliphatic hydroxyl groups excluding tert-OH is 1. The Bertz CT molecular complexity index is 529. The molecule has 1 atom stereocenters. The highest BCUT2D eigenvalue weighted by Crippen LogP contribution is 2.30. The Labute approximate surface area is 116 Å². The van der Waals surface area contributed by atoms with Crippen LogP contribution in [0.25, 0.3) is 0 Å². The van der Waals surface area contributed by atoms with Gasteiger partial charge in [0.15, 0.2) is 0 Å². The molecule has 2 aromatic rings. The first-order valence-electron chi connectivity index (χ1n) is 4.93. The molecule has 1 heterocycles. The molecule has 0 amide bonds. The highest BCUT2D eigenvalue weighted by molar-refractivity contribution is 9.11. The number of benzene rings is 1.